The summed E-state index contributed by atoms with van der Waals surface area (Å²) in [4.78, 5) is 25.0. The van der Waals surface area contributed by atoms with Crippen LogP contribution in [0.3, 0.4) is 0 Å². The Morgan fingerprint density at radius 3 is 2.59 bits per heavy atom. The Balaban J connectivity index is 1.35. The molecule has 0 aliphatic heterocycles. The number of benzene rings is 1. The van der Waals surface area contributed by atoms with Crippen LogP contribution in [0.4, 0.5) is 0 Å². The van der Waals surface area contributed by atoms with Gasteiger partial charge < -0.3 is 10.6 Å². The van der Waals surface area contributed by atoms with Crippen LogP contribution in [0.25, 0.3) is 5.69 Å². The minimum Gasteiger partial charge on any atom is -0.347 e. The number of nitrogens with one attached hydrogen (secondary N) is 2. The van der Waals surface area contributed by atoms with Gasteiger partial charge in [-0.1, -0.05) is 29.8 Å². The highest BCUT2D eigenvalue weighted by Gasteiger charge is 2.28. The number of carbonyl (C=O) groups excluding carboxylic acids is 1. The zero-order chi connectivity index (χ0) is 20.2. The van der Waals surface area contributed by atoms with E-state index in [0.717, 1.165) is 30.5 Å². The van der Waals surface area contributed by atoms with E-state index in [1.165, 1.54) is 11.3 Å². The molecule has 29 heavy (non-hydrogen) atoms. The Morgan fingerprint density at radius 2 is 1.86 bits per heavy atom. The van der Waals surface area contributed by atoms with E-state index in [-0.39, 0.29) is 23.6 Å². The van der Waals surface area contributed by atoms with Gasteiger partial charge in [-0.05, 0) is 55.2 Å². The van der Waals surface area contributed by atoms with E-state index in [1.54, 1.807) is 35.0 Å². The van der Waals surface area contributed by atoms with Gasteiger partial charge in [0.1, 0.15) is 0 Å². The van der Waals surface area contributed by atoms with Crippen molar-refractivity contribution in [1.82, 2.24) is 15.2 Å². The normalized spacial score (nSPS) is 18.7. The number of hydrogen-bond donors (Lipinski definition) is 2. The first-order valence-corrected chi connectivity index (χ1v) is 10.9. The summed E-state index contributed by atoms with van der Waals surface area (Å²) in [5.74, 6) is -0.0572. The lowest BCUT2D eigenvalue weighted by molar-refractivity contribution is 0.0936. The number of pyridine rings is 1. The quantitative estimate of drug-likeness (QED) is 0.625. The summed E-state index contributed by atoms with van der Waals surface area (Å²) in [5, 5.41) is 6.72. The van der Waals surface area contributed by atoms with Crippen molar-refractivity contribution in [2.45, 2.75) is 37.9 Å². The molecule has 3 aromatic rings. The Morgan fingerprint density at radius 1 is 1.07 bits per heavy atom. The van der Waals surface area contributed by atoms with Gasteiger partial charge in [0.2, 0.25) is 0 Å². The van der Waals surface area contributed by atoms with Crippen LogP contribution in [0, 0.1) is 0 Å². The van der Waals surface area contributed by atoms with Crippen LogP contribution in [0.1, 0.15) is 34.5 Å². The first-order valence-electron chi connectivity index (χ1n) is 9.67. The molecule has 2 aromatic heterocycles. The number of amides is 1. The molecule has 1 amide bonds. The van der Waals surface area contributed by atoms with Gasteiger partial charge in [0, 0.05) is 36.6 Å². The average Bonchev–Trinajstić information content (AvgIpc) is 3.36. The lowest BCUT2D eigenvalue weighted by atomic mass is 10.1. The van der Waals surface area contributed by atoms with Crippen molar-refractivity contribution >= 4 is 28.8 Å². The molecule has 4 rings (SSSR count). The maximum atomic E-state index is 12.4. The molecule has 0 saturated heterocycles. The Labute approximate surface area is 178 Å². The summed E-state index contributed by atoms with van der Waals surface area (Å²) in [6, 6.07) is 17.0. The van der Waals surface area contributed by atoms with Crippen molar-refractivity contribution < 1.29 is 4.79 Å². The molecular formula is C22H22ClN3O2S. The molecule has 0 radical (unpaired) electrons. The van der Waals surface area contributed by atoms with Crippen LogP contribution in [0.2, 0.25) is 4.34 Å². The summed E-state index contributed by atoms with van der Waals surface area (Å²) >= 11 is 7.23. The van der Waals surface area contributed by atoms with Crippen molar-refractivity contribution in [3.63, 3.8) is 0 Å². The van der Waals surface area contributed by atoms with Gasteiger partial charge in [0.05, 0.1) is 9.21 Å². The molecular weight excluding hydrogens is 406 g/mol. The van der Waals surface area contributed by atoms with Crippen LogP contribution in [-0.2, 0) is 6.54 Å². The topological polar surface area (TPSA) is 63.1 Å². The van der Waals surface area contributed by atoms with E-state index in [1.807, 2.05) is 30.3 Å². The highest BCUT2D eigenvalue weighted by atomic mass is 35.5. The third-order valence-corrected chi connectivity index (χ3v) is 6.46. The zero-order valence-electron chi connectivity index (χ0n) is 15.8. The van der Waals surface area contributed by atoms with Crippen LogP contribution >= 0.6 is 22.9 Å². The number of rotatable bonds is 6. The maximum absolute atomic E-state index is 12.4. The van der Waals surface area contributed by atoms with Crippen LogP contribution in [-0.4, -0.2) is 22.6 Å². The standard InChI is InChI=1S/C22H22ClN3O2S/c23-20-12-11-19(29-20)22(28)25-18-5-3-4-17(18)24-14-15-7-9-16(10-8-15)26-13-2-1-6-21(26)27/h1-2,6-13,17-18,24H,3-5,14H2,(H,25,28)/t17-,18?/m0/s1. The van der Waals surface area contributed by atoms with Crippen molar-refractivity contribution in [3.05, 3.63) is 85.9 Å². The molecule has 150 valence electrons. The van der Waals surface area contributed by atoms with E-state index in [4.69, 9.17) is 11.6 Å². The van der Waals surface area contributed by atoms with Crippen LogP contribution in [0.5, 0.6) is 0 Å². The lowest BCUT2D eigenvalue weighted by Gasteiger charge is -2.22. The summed E-state index contributed by atoms with van der Waals surface area (Å²) in [6.07, 6.45) is 4.86. The molecule has 2 atom stereocenters. The minimum atomic E-state index is -0.0572. The van der Waals surface area contributed by atoms with E-state index >= 15 is 0 Å². The molecule has 5 nitrogen and oxygen atoms in total. The summed E-state index contributed by atoms with van der Waals surface area (Å²) < 4.78 is 2.24. The molecule has 1 fully saturated rings. The monoisotopic (exact) mass is 427 g/mol. The van der Waals surface area contributed by atoms with Crippen molar-refractivity contribution in [3.8, 4) is 5.69 Å². The zero-order valence-corrected chi connectivity index (χ0v) is 17.4. The molecule has 1 saturated carbocycles. The Kier molecular flexibility index (Phi) is 6.13. The molecule has 0 bridgehead atoms. The largest absolute Gasteiger partial charge is 0.347 e. The summed E-state index contributed by atoms with van der Waals surface area (Å²) in [6.45, 7) is 0.714. The fourth-order valence-electron chi connectivity index (χ4n) is 3.72. The van der Waals surface area contributed by atoms with Gasteiger partial charge in [-0.3, -0.25) is 14.2 Å². The fraction of sp³-hybridized carbons (Fsp3) is 0.273. The predicted molar refractivity (Wildman–Crippen MR) is 117 cm³/mol. The van der Waals surface area contributed by atoms with E-state index < -0.39 is 0 Å². The lowest BCUT2D eigenvalue weighted by Crippen LogP contribution is -2.46. The first-order chi connectivity index (χ1) is 14.1. The number of halogens is 1. The Hall–Kier alpha value is -2.41. The molecule has 1 aromatic carbocycles. The maximum Gasteiger partial charge on any atom is 0.261 e. The predicted octanol–water partition coefficient (Wildman–Crippen LogP) is 3.99. The van der Waals surface area contributed by atoms with E-state index in [2.05, 4.69) is 10.6 Å². The molecule has 0 spiro atoms. The third kappa shape index (κ3) is 4.78. The highest BCUT2D eigenvalue weighted by Crippen LogP contribution is 2.24. The number of nitrogens with zero attached hydrogens (tertiary/aromatic N) is 1. The highest BCUT2D eigenvalue weighted by molar-refractivity contribution is 7.18. The molecule has 1 aliphatic rings. The molecule has 1 unspecified atom stereocenters. The van der Waals surface area contributed by atoms with Crippen LogP contribution in [0.15, 0.2) is 65.6 Å². The summed E-state index contributed by atoms with van der Waals surface area (Å²) in [5.41, 5.74) is 1.94. The third-order valence-electron chi connectivity index (χ3n) is 5.23. The van der Waals surface area contributed by atoms with Gasteiger partial charge >= 0.3 is 0 Å². The number of hydrogen-bond acceptors (Lipinski definition) is 4. The first kappa shape index (κ1) is 19.9. The molecule has 7 heteroatoms. The van der Waals surface area contributed by atoms with Gasteiger partial charge in [-0.2, -0.15) is 0 Å². The average molecular weight is 428 g/mol. The minimum absolute atomic E-state index is 0.0463. The Bertz CT molecular complexity index is 1040. The summed E-state index contributed by atoms with van der Waals surface area (Å²) in [7, 11) is 0. The van der Waals surface area contributed by atoms with Crippen LogP contribution < -0.4 is 16.2 Å². The number of thiophene rings is 1. The SMILES string of the molecule is O=C(NC1CCC[C@@H]1NCc1ccc(-n2ccccc2=O)cc1)c1ccc(Cl)s1. The number of carbonyl (C=O) groups is 1. The van der Waals surface area contributed by atoms with Gasteiger partial charge in [-0.25, -0.2) is 0 Å². The molecule has 1 aliphatic carbocycles. The second kappa shape index (κ2) is 8.95. The molecule has 2 N–H and O–H groups in total. The van der Waals surface area contributed by atoms with Crippen molar-refractivity contribution in [2.75, 3.05) is 0 Å². The smallest absolute Gasteiger partial charge is 0.261 e. The fourth-order valence-corrected chi connectivity index (χ4v) is 4.66. The second-order valence-corrected chi connectivity index (χ2v) is 8.89. The second-order valence-electron chi connectivity index (χ2n) is 7.18. The van der Waals surface area contributed by atoms with E-state index in [0.29, 0.717) is 15.8 Å². The van der Waals surface area contributed by atoms with Gasteiger partial charge in [0.25, 0.3) is 11.5 Å². The number of aromatic nitrogens is 1. The van der Waals surface area contributed by atoms with E-state index in [9.17, 15) is 9.59 Å². The molecule has 2 heterocycles. The van der Waals surface area contributed by atoms with Crippen molar-refractivity contribution in [1.29, 1.82) is 0 Å². The van der Waals surface area contributed by atoms with Gasteiger partial charge in [-0.15, -0.1) is 11.3 Å². The van der Waals surface area contributed by atoms with Gasteiger partial charge in [0.15, 0.2) is 0 Å². The van der Waals surface area contributed by atoms with Crippen molar-refractivity contribution in [2.24, 2.45) is 0 Å².